The van der Waals surface area contributed by atoms with Crippen LogP contribution in [0.3, 0.4) is 0 Å². The van der Waals surface area contributed by atoms with Gasteiger partial charge in [0.05, 0.1) is 0 Å². The van der Waals surface area contributed by atoms with Gasteiger partial charge in [-0.15, -0.1) is 0 Å². The van der Waals surface area contributed by atoms with Crippen LogP contribution in [-0.4, -0.2) is 47.3 Å². The molecule has 2 saturated heterocycles. The summed E-state index contributed by atoms with van der Waals surface area (Å²) in [5.41, 5.74) is 0. The minimum absolute atomic E-state index is 0.171. The van der Waals surface area contributed by atoms with Crippen LogP contribution >= 0.6 is 0 Å². The molecule has 1 unspecified atom stereocenters. The molecule has 2 rings (SSSR count). The molecule has 0 aromatic carbocycles. The Bertz CT molecular complexity index is 452. The maximum Gasteiger partial charge on any atom is 0.245 e. The van der Waals surface area contributed by atoms with Crippen molar-refractivity contribution >= 4 is 11.8 Å². The molecule has 2 heterocycles. The van der Waals surface area contributed by atoms with E-state index >= 15 is 0 Å². The number of unbranched alkanes of at least 4 members (excludes halogenated alkanes) is 11. The van der Waals surface area contributed by atoms with E-state index in [-0.39, 0.29) is 17.9 Å². The molecule has 2 aliphatic heterocycles. The molecule has 28 heavy (non-hydrogen) atoms. The van der Waals surface area contributed by atoms with Crippen molar-refractivity contribution in [3.05, 3.63) is 0 Å². The highest BCUT2D eigenvalue weighted by atomic mass is 16.2. The first-order valence-corrected chi connectivity index (χ1v) is 12.3. The maximum absolute atomic E-state index is 12.9. The van der Waals surface area contributed by atoms with Crippen LogP contribution in [-0.2, 0) is 9.59 Å². The largest absolute Gasteiger partial charge is 0.341 e. The number of nitrogens with zero attached hydrogens (tertiary/aromatic N) is 2. The quantitative estimate of drug-likeness (QED) is 0.356. The van der Waals surface area contributed by atoms with Gasteiger partial charge in [0.2, 0.25) is 11.8 Å². The molecular weight excluding hydrogens is 348 g/mol. The second kappa shape index (κ2) is 14.0. The lowest BCUT2D eigenvalue weighted by Crippen LogP contribution is -2.48. The smallest absolute Gasteiger partial charge is 0.245 e. The third-order valence-electron chi connectivity index (χ3n) is 6.52. The Kier molecular flexibility index (Phi) is 11.6. The van der Waals surface area contributed by atoms with Crippen molar-refractivity contribution in [3.8, 4) is 0 Å². The molecule has 2 amide bonds. The summed E-state index contributed by atoms with van der Waals surface area (Å²) in [4.78, 5) is 28.9. The first-order valence-electron chi connectivity index (χ1n) is 12.3. The standard InChI is InChI=1S/C24H44N2O2/c1-2-3-4-5-6-7-8-9-10-11-12-14-19-25-20-15-13-17-22(24(25)28)26-21-16-18-23(26)27/h22H,2-21H2,1H3. The third kappa shape index (κ3) is 8.13. The van der Waals surface area contributed by atoms with E-state index in [2.05, 4.69) is 11.8 Å². The van der Waals surface area contributed by atoms with Crippen LogP contribution in [0.4, 0.5) is 0 Å². The fourth-order valence-corrected chi connectivity index (χ4v) is 4.74. The molecule has 0 aromatic heterocycles. The molecule has 4 heteroatoms. The normalized spacial score (nSPS) is 20.8. The Morgan fingerprint density at radius 3 is 1.93 bits per heavy atom. The summed E-state index contributed by atoms with van der Waals surface area (Å²) < 4.78 is 0. The molecule has 0 bridgehead atoms. The van der Waals surface area contributed by atoms with E-state index in [0.29, 0.717) is 6.42 Å². The van der Waals surface area contributed by atoms with Gasteiger partial charge in [0.15, 0.2) is 0 Å². The maximum atomic E-state index is 12.9. The molecule has 0 radical (unpaired) electrons. The number of rotatable bonds is 14. The highest BCUT2D eigenvalue weighted by Crippen LogP contribution is 2.23. The molecule has 2 fully saturated rings. The lowest BCUT2D eigenvalue weighted by molar-refractivity contribution is -0.143. The molecule has 1 atom stereocenters. The number of amides is 2. The van der Waals surface area contributed by atoms with Gasteiger partial charge in [-0.25, -0.2) is 0 Å². The lowest BCUT2D eigenvalue weighted by Gasteiger charge is -2.30. The van der Waals surface area contributed by atoms with E-state index in [1.807, 2.05) is 4.90 Å². The number of carbonyl (C=O) groups is 2. The highest BCUT2D eigenvalue weighted by Gasteiger charge is 2.35. The van der Waals surface area contributed by atoms with Gasteiger partial charge in [-0.3, -0.25) is 9.59 Å². The predicted octanol–water partition coefficient (Wildman–Crippen LogP) is 5.69. The van der Waals surface area contributed by atoms with Crippen LogP contribution in [0.15, 0.2) is 0 Å². The highest BCUT2D eigenvalue weighted by molar-refractivity contribution is 5.88. The summed E-state index contributed by atoms with van der Waals surface area (Å²) >= 11 is 0. The van der Waals surface area contributed by atoms with E-state index in [4.69, 9.17) is 0 Å². The van der Waals surface area contributed by atoms with E-state index in [9.17, 15) is 9.59 Å². The Morgan fingerprint density at radius 2 is 1.36 bits per heavy atom. The molecule has 4 nitrogen and oxygen atoms in total. The molecular formula is C24H44N2O2. The second-order valence-corrected chi connectivity index (χ2v) is 8.92. The molecule has 2 aliphatic rings. The average Bonchev–Trinajstić information content (AvgIpc) is 3.03. The fourth-order valence-electron chi connectivity index (χ4n) is 4.74. The van der Waals surface area contributed by atoms with Crippen LogP contribution in [0.5, 0.6) is 0 Å². The molecule has 0 aromatic rings. The van der Waals surface area contributed by atoms with Crippen molar-refractivity contribution in [3.63, 3.8) is 0 Å². The average molecular weight is 393 g/mol. The van der Waals surface area contributed by atoms with Crippen LogP contribution in [0.25, 0.3) is 0 Å². The fraction of sp³-hybridized carbons (Fsp3) is 0.917. The summed E-state index contributed by atoms with van der Waals surface area (Å²) in [6.45, 7) is 4.82. The van der Waals surface area contributed by atoms with Gasteiger partial charge in [0, 0.05) is 26.1 Å². The van der Waals surface area contributed by atoms with Gasteiger partial charge < -0.3 is 9.80 Å². The van der Waals surface area contributed by atoms with Crippen molar-refractivity contribution in [1.82, 2.24) is 9.80 Å². The number of hydrogen-bond donors (Lipinski definition) is 0. The Hall–Kier alpha value is -1.06. The van der Waals surface area contributed by atoms with Crippen LogP contribution < -0.4 is 0 Å². The molecule has 0 saturated carbocycles. The Labute approximate surface area is 173 Å². The number of likely N-dealkylation sites (tertiary alicyclic amines) is 2. The van der Waals surface area contributed by atoms with E-state index in [1.165, 1.54) is 70.6 Å². The minimum atomic E-state index is -0.171. The molecule has 162 valence electrons. The van der Waals surface area contributed by atoms with Gasteiger partial charge in [0.1, 0.15) is 6.04 Å². The Balaban J connectivity index is 1.53. The van der Waals surface area contributed by atoms with Gasteiger partial charge >= 0.3 is 0 Å². The zero-order valence-corrected chi connectivity index (χ0v) is 18.4. The summed E-state index contributed by atoms with van der Waals surface area (Å²) in [5.74, 6) is 0.404. The van der Waals surface area contributed by atoms with Crippen molar-refractivity contribution in [2.75, 3.05) is 19.6 Å². The number of carbonyl (C=O) groups excluding carboxylic acids is 2. The first kappa shape index (κ1) is 23.2. The number of hydrogen-bond acceptors (Lipinski definition) is 2. The second-order valence-electron chi connectivity index (χ2n) is 8.92. The van der Waals surface area contributed by atoms with Gasteiger partial charge in [-0.2, -0.15) is 0 Å². The summed E-state index contributed by atoms with van der Waals surface area (Å²) in [7, 11) is 0. The van der Waals surface area contributed by atoms with E-state index in [0.717, 1.165) is 51.7 Å². The monoisotopic (exact) mass is 392 g/mol. The van der Waals surface area contributed by atoms with Gasteiger partial charge in [0.25, 0.3) is 0 Å². The minimum Gasteiger partial charge on any atom is -0.341 e. The van der Waals surface area contributed by atoms with E-state index < -0.39 is 0 Å². The van der Waals surface area contributed by atoms with E-state index in [1.54, 1.807) is 0 Å². The topological polar surface area (TPSA) is 40.6 Å². The molecule has 0 aliphatic carbocycles. The Morgan fingerprint density at radius 1 is 0.750 bits per heavy atom. The molecule has 0 N–H and O–H groups in total. The van der Waals surface area contributed by atoms with Crippen molar-refractivity contribution < 1.29 is 9.59 Å². The van der Waals surface area contributed by atoms with Crippen LogP contribution in [0.2, 0.25) is 0 Å². The van der Waals surface area contributed by atoms with Gasteiger partial charge in [-0.05, 0) is 32.1 Å². The summed E-state index contributed by atoms with van der Waals surface area (Å²) in [5, 5.41) is 0. The predicted molar refractivity (Wildman–Crippen MR) is 116 cm³/mol. The zero-order chi connectivity index (χ0) is 20.0. The molecule has 0 spiro atoms. The van der Waals surface area contributed by atoms with Crippen molar-refractivity contribution in [2.45, 2.75) is 122 Å². The SMILES string of the molecule is CCCCCCCCCCCCCCN1CCCCC(N2CCCC2=O)C1=O. The zero-order valence-electron chi connectivity index (χ0n) is 18.4. The van der Waals surface area contributed by atoms with Crippen molar-refractivity contribution in [2.24, 2.45) is 0 Å². The van der Waals surface area contributed by atoms with Gasteiger partial charge in [-0.1, -0.05) is 77.6 Å². The lowest BCUT2D eigenvalue weighted by atomic mass is 10.1. The van der Waals surface area contributed by atoms with Crippen molar-refractivity contribution in [1.29, 1.82) is 0 Å². The first-order chi connectivity index (χ1) is 13.7. The third-order valence-corrected chi connectivity index (χ3v) is 6.52. The summed E-state index contributed by atoms with van der Waals surface area (Å²) in [6.07, 6.45) is 20.7. The summed E-state index contributed by atoms with van der Waals surface area (Å²) in [6, 6.07) is -0.171. The van der Waals surface area contributed by atoms with Crippen LogP contribution in [0.1, 0.15) is 116 Å². The van der Waals surface area contributed by atoms with Crippen LogP contribution in [0, 0.1) is 0 Å².